The van der Waals surface area contributed by atoms with Crippen molar-refractivity contribution < 1.29 is 4.79 Å². The molecule has 4 heteroatoms. The molecule has 100 valence electrons. The quantitative estimate of drug-likeness (QED) is 0.749. The van der Waals surface area contributed by atoms with Gasteiger partial charge in [0.2, 0.25) is 0 Å². The summed E-state index contributed by atoms with van der Waals surface area (Å²) in [5, 5.41) is 0. The van der Waals surface area contributed by atoms with Gasteiger partial charge in [-0.1, -0.05) is 44.2 Å². The molecular formula is C15H15Br2NO. The number of rotatable bonds is 3. The average molecular weight is 385 g/mol. The molecule has 1 heterocycles. The summed E-state index contributed by atoms with van der Waals surface area (Å²) in [4.78, 5) is 14.3. The Morgan fingerprint density at radius 1 is 1.21 bits per heavy atom. The highest BCUT2D eigenvalue weighted by Gasteiger charge is 2.30. The summed E-state index contributed by atoms with van der Waals surface area (Å²) in [5.41, 5.74) is 2.59. The van der Waals surface area contributed by atoms with Crippen LogP contribution >= 0.6 is 31.9 Å². The van der Waals surface area contributed by atoms with Crippen LogP contribution in [0.15, 0.2) is 45.5 Å². The Bertz CT molecular complexity index is 543. The first-order valence-corrected chi connectivity index (χ1v) is 7.73. The van der Waals surface area contributed by atoms with Crippen LogP contribution in [0.3, 0.4) is 0 Å². The Labute approximate surface area is 130 Å². The first-order chi connectivity index (χ1) is 9.00. The SMILES string of the molecule is CC(C)CN1C(=O)C(c2ccccc2)=CC1=C(Br)Br. The topological polar surface area (TPSA) is 20.3 Å². The van der Waals surface area contributed by atoms with Gasteiger partial charge in [-0.15, -0.1) is 0 Å². The second-order valence-corrected chi connectivity index (χ2v) is 7.53. The van der Waals surface area contributed by atoms with Crippen LogP contribution in [0.1, 0.15) is 19.4 Å². The number of benzene rings is 1. The lowest BCUT2D eigenvalue weighted by Crippen LogP contribution is -2.29. The number of hydrogen-bond acceptors (Lipinski definition) is 1. The molecule has 19 heavy (non-hydrogen) atoms. The number of nitrogens with zero attached hydrogens (tertiary/aromatic N) is 1. The lowest BCUT2D eigenvalue weighted by Gasteiger charge is -2.21. The van der Waals surface area contributed by atoms with Crippen LogP contribution in [0.2, 0.25) is 0 Å². The highest BCUT2D eigenvalue weighted by Crippen LogP contribution is 2.34. The molecule has 0 unspecified atom stereocenters. The molecule has 1 aromatic carbocycles. The van der Waals surface area contributed by atoms with E-state index >= 15 is 0 Å². The predicted molar refractivity (Wildman–Crippen MR) is 85.9 cm³/mol. The third kappa shape index (κ3) is 3.18. The van der Waals surface area contributed by atoms with E-state index in [9.17, 15) is 4.79 Å². The van der Waals surface area contributed by atoms with E-state index in [0.29, 0.717) is 12.5 Å². The van der Waals surface area contributed by atoms with Crippen molar-refractivity contribution in [2.24, 2.45) is 5.92 Å². The van der Waals surface area contributed by atoms with Gasteiger partial charge in [-0.3, -0.25) is 4.79 Å². The third-order valence-electron chi connectivity index (χ3n) is 2.87. The van der Waals surface area contributed by atoms with E-state index in [1.807, 2.05) is 41.3 Å². The number of carbonyl (C=O) groups excluding carboxylic acids is 1. The molecule has 2 rings (SSSR count). The van der Waals surface area contributed by atoms with E-state index in [2.05, 4.69) is 45.7 Å². The minimum atomic E-state index is 0.0614. The summed E-state index contributed by atoms with van der Waals surface area (Å²) in [6, 6.07) is 9.76. The molecule has 1 aliphatic heterocycles. The molecule has 2 nitrogen and oxygen atoms in total. The molecule has 0 radical (unpaired) electrons. The van der Waals surface area contributed by atoms with E-state index in [-0.39, 0.29) is 5.91 Å². The van der Waals surface area contributed by atoms with Crippen molar-refractivity contribution in [3.63, 3.8) is 0 Å². The zero-order valence-electron chi connectivity index (χ0n) is 10.9. The van der Waals surface area contributed by atoms with Crippen LogP contribution in [0.4, 0.5) is 0 Å². The Balaban J connectivity index is 2.40. The van der Waals surface area contributed by atoms with Gasteiger partial charge in [0.05, 0.1) is 9.09 Å². The van der Waals surface area contributed by atoms with Crippen LogP contribution in [-0.4, -0.2) is 17.4 Å². The number of amides is 1. The maximum Gasteiger partial charge on any atom is 0.259 e. The Kier molecular flexibility index (Phi) is 4.63. The Morgan fingerprint density at radius 2 is 1.84 bits per heavy atom. The van der Waals surface area contributed by atoms with E-state index in [0.717, 1.165) is 20.2 Å². The largest absolute Gasteiger partial charge is 0.306 e. The third-order valence-corrected chi connectivity index (χ3v) is 3.69. The first-order valence-electron chi connectivity index (χ1n) is 6.15. The van der Waals surface area contributed by atoms with Crippen LogP contribution in [0.5, 0.6) is 0 Å². The fourth-order valence-corrected chi connectivity index (χ4v) is 2.72. The molecule has 1 aromatic rings. The smallest absolute Gasteiger partial charge is 0.259 e. The van der Waals surface area contributed by atoms with Crippen LogP contribution in [0.25, 0.3) is 5.57 Å². The molecule has 0 aliphatic carbocycles. The van der Waals surface area contributed by atoms with Gasteiger partial charge in [0.15, 0.2) is 0 Å². The summed E-state index contributed by atoms with van der Waals surface area (Å²) in [5.74, 6) is 0.480. The van der Waals surface area contributed by atoms with Crippen molar-refractivity contribution in [3.8, 4) is 0 Å². The number of carbonyl (C=O) groups is 1. The van der Waals surface area contributed by atoms with Crippen LogP contribution < -0.4 is 0 Å². The Morgan fingerprint density at radius 3 is 2.37 bits per heavy atom. The van der Waals surface area contributed by atoms with Gasteiger partial charge >= 0.3 is 0 Å². The maximum absolute atomic E-state index is 12.5. The lowest BCUT2D eigenvalue weighted by atomic mass is 10.1. The number of halogens is 2. The number of hydrogen-bond donors (Lipinski definition) is 0. The molecule has 0 saturated heterocycles. The molecule has 0 saturated carbocycles. The molecule has 0 aromatic heterocycles. The van der Waals surface area contributed by atoms with Gasteiger partial charge in [-0.05, 0) is 49.4 Å². The molecule has 0 N–H and O–H groups in total. The van der Waals surface area contributed by atoms with E-state index in [1.54, 1.807) is 0 Å². The average Bonchev–Trinajstić information content (AvgIpc) is 2.68. The zero-order valence-corrected chi connectivity index (χ0v) is 14.0. The standard InChI is InChI=1S/C15H15Br2NO/c1-10(2)9-18-13(14(16)17)8-12(15(18)19)11-6-4-3-5-7-11/h3-8,10H,9H2,1-2H3. The van der Waals surface area contributed by atoms with Crippen LogP contribution in [0, 0.1) is 5.92 Å². The minimum Gasteiger partial charge on any atom is -0.306 e. The minimum absolute atomic E-state index is 0.0614. The molecule has 0 spiro atoms. The lowest BCUT2D eigenvalue weighted by molar-refractivity contribution is -0.122. The summed E-state index contributed by atoms with van der Waals surface area (Å²) >= 11 is 6.83. The fraction of sp³-hybridized carbons (Fsp3) is 0.267. The van der Waals surface area contributed by atoms with Gasteiger partial charge in [0, 0.05) is 12.1 Å². The van der Waals surface area contributed by atoms with E-state index < -0.39 is 0 Å². The van der Waals surface area contributed by atoms with Gasteiger partial charge < -0.3 is 4.90 Å². The zero-order chi connectivity index (χ0) is 14.0. The van der Waals surface area contributed by atoms with Crippen molar-refractivity contribution in [2.45, 2.75) is 13.8 Å². The normalized spacial score (nSPS) is 15.2. The second kappa shape index (κ2) is 6.06. The summed E-state index contributed by atoms with van der Waals surface area (Å²) in [6.45, 7) is 4.92. The van der Waals surface area contributed by atoms with Crippen molar-refractivity contribution in [1.29, 1.82) is 0 Å². The van der Waals surface area contributed by atoms with Gasteiger partial charge in [-0.2, -0.15) is 0 Å². The molecule has 0 bridgehead atoms. The highest BCUT2D eigenvalue weighted by atomic mass is 79.9. The monoisotopic (exact) mass is 383 g/mol. The van der Waals surface area contributed by atoms with Crippen molar-refractivity contribution >= 4 is 43.3 Å². The summed E-state index contributed by atoms with van der Waals surface area (Å²) in [7, 11) is 0. The predicted octanol–water partition coefficient (Wildman–Crippen LogP) is 4.53. The van der Waals surface area contributed by atoms with E-state index in [1.165, 1.54) is 0 Å². The first kappa shape index (κ1) is 14.5. The molecule has 0 atom stereocenters. The summed E-state index contributed by atoms with van der Waals surface area (Å²) in [6.07, 6.45) is 1.93. The van der Waals surface area contributed by atoms with Crippen molar-refractivity contribution in [3.05, 3.63) is 51.1 Å². The molecular weight excluding hydrogens is 370 g/mol. The fourth-order valence-electron chi connectivity index (χ4n) is 2.06. The maximum atomic E-state index is 12.5. The highest BCUT2D eigenvalue weighted by molar-refractivity contribution is 9.28. The Hall–Kier alpha value is -0.870. The second-order valence-electron chi connectivity index (χ2n) is 4.88. The van der Waals surface area contributed by atoms with Crippen molar-refractivity contribution in [1.82, 2.24) is 4.90 Å². The molecule has 1 amide bonds. The van der Waals surface area contributed by atoms with Gasteiger partial charge in [0.25, 0.3) is 5.91 Å². The van der Waals surface area contributed by atoms with Crippen LogP contribution in [-0.2, 0) is 4.79 Å². The van der Waals surface area contributed by atoms with E-state index in [4.69, 9.17) is 0 Å². The molecule has 0 fully saturated rings. The van der Waals surface area contributed by atoms with Gasteiger partial charge in [-0.25, -0.2) is 0 Å². The summed E-state index contributed by atoms with van der Waals surface area (Å²) < 4.78 is 0.805. The van der Waals surface area contributed by atoms with Gasteiger partial charge in [0.1, 0.15) is 0 Å². The molecule has 1 aliphatic rings. The number of allylic oxidation sites excluding steroid dienone is 1. The van der Waals surface area contributed by atoms with Crippen molar-refractivity contribution in [2.75, 3.05) is 6.54 Å².